The molecule has 0 aliphatic heterocycles. The number of primary sulfonamides is 1. The third-order valence-electron chi connectivity index (χ3n) is 6.65. The van der Waals surface area contributed by atoms with E-state index in [4.69, 9.17) is 15.0 Å². The average molecular weight is 538 g/mol. The summed E-state index contributed by atoms with van der Waals surface area (Å²) in [5.41, 5.74) is 7.08. The maximum atomic E-state index is 12.6. The van der Waals surface area contributed by atoms with Gasteiger partial charge in [0.15, 0.2) is 0 Å². The predicted molar refractivity (Wildman–Crippen MR) is 154 cm³/mol. The summed E-state index contributed by atoms with van der Waals surface area (Å²) in [5.74, 6) is 0. The average Bonchev–Trinajstić information content (AvgIpc) is 3.31. The number of hydrogen-bond acceptors (Lipinski definition) is 4. The van der Waals surface area contributed by atoms with Crippen LogP contribution in [-0.2, 0) is 40.9 Å². The van der Waals surface area contributed by atoms with Crippen molar-refractivity contribution in [2.45, 2.75) is 38.0 Å². The van der Waals surface area contributed by atoms with Gasteiger partial charge in [-0.05, 0) is 36.1 Å². The second kappa shape index (κ2) is 11.8. The fraction of sp³-hybridized carbons (Fsp3) is 0.156. The molecule has 0 saturated carbocycles. The summed E-state index contributed by atoms with van der Waals surface area (Å²) in [5, 5.41) is 10.7. The van der Waals surface area contributed by atoms with Gasteiger partial charge in [0.25, 0.3) is 0 Å². The molecule has 0 unspecified atom stereocenters. The molecule has 0 radical (unpaired) electrons. The Morgan fingerprint density at radius 1 is 0.769 bits per heavy atom. The lowest BCUT2D eigenvalue weighted by Crippen LogP contribution is -2.13. The van der Waals surface area contributed by atoms with Gasteiger partial charge in [-0.15, -0.1) is 0 Å². The molecule has 0 atom stereocenters. The van der Waals surface area contributed by atoms with Gasteiger partial charge >= 0.3 is 0 Å². The highest BCUT2D eigenvalue weighted by Crippen LogP contribution is 2.38. The minimum Gasteiger partial charge on any atom is -0.370 e. The van der Waals surface area contributed by atoms with Gasteiger partial charge in [0, 0.05) is 17.7 Å². The first-order chi connectivity index (χ1) is 18.9. The van der Waals surface area contributed by atoms with E-state index in [9.17, 15) is 8.42 Å². The first-order valence-corrected chi connectivity index (χ1v) is 14.4. The highest BCUT2D eigenvalue weighted by atomic mass is 32.2. The second-order valence-corrected chi connectivity index (χ2v) is 11.0. The van der Waals surface area contributed by atoms with E-state index >= 15 is 0 Å². The van der Waals surface area contributed by atoms with Crippen LogP contribution in [0.4, 0.5) is 0 Å². The number of aryl methyl sites for hydroxylation is 3. The summed E-state index contributed by atoms with van der Waals surface area (Å²) in [4.78, 5) is 0.0443. The van der Waals surface area contributed by atoms with Crippen molar-refractivity contribution in [1.82, 2.24) is 9.78 Å². The molecule has 7 heteroatoms. The third-order valence-corrected chi connectivity index (χ3v) is 7.62. The van der Waals surface area contributed by atoms with Gasteiger partial charge in [0.2, 0.25) is 10.0 Å². The molecule has 198 valence electrons. The molecule has 0 amide bonds. The standard InChI is InChI=1S/C32H31N3O3S/c1-24-16-18-27(19-17-24)31-29(23-38-22-26-12-6-3-7-13-26)35(21-20-25-10-4-2-5-11-25)34-32(31)28-14-8-9-15-30(28)39(33,36)37/h2-19H,20-23H2,1H3,(H2,33,36,37). The highest BCUT2D eigenvalue weighted by molar-refractivity contribution is 7.89. The van der Waals surface area contributed by atoms with Gasteiger partial charge in [-0.25, -0.2) is 13.6 Å². The number of benzene rings is 4. The largest absolute Gasteiger partial charge is 0.370 e. The van der Waals surface area contributed by atoms with Gasteiger partial charge in [0.1, 0.15) is 5.69 Å². The van der Waals surface area contributed by atoms with Crippen LogP contribution in [0.25, 0.3) is 22.4 Å². The Bertz CT molecular complexity index is 1650. The molecule has 0 spiro atoms. The third kappa shape index (κ3) is 6.34. The van der Waals surface area contributed by atoms with Crippen molar-refractivity contribution in [2.24, 2.45) is 5.14 Å². The van der Waals surface area contributed by atoms with Crippen molar-refractivity contribution in [1.29, 1.82) is 0 Å². The molecule has 1 aromatic heterocycles. The Morgan fingerprint density at radius 2 is 1.38 bits per heavy atom. The van der Waals surface area contributed by atoms with Crippen molar-refractivity contribution in [3.8, 4) is 22.4 Å². The molecular weight excluding hydrogens is 506 g/mol. The molecular formula is C32H31N3O3S. The lowest BCUT2D eigenvalue weighted by Gasteiger charge is -2.12. The van der Waals surface area contributed by atoms with Crippen molar-refractivity contribution in [2.75, 3.05) is 0 Å². The summed E-state index contributed by atoms with van der Waals surface area (Å²) in [7, 11) is -3.98. The highest BCUT2D eigenvalue weighted by Gasteiger charge is 2.25. The van der Waals surface area contributed by atoms with Gasteiger partial charge in [-0.1, -0.05) is 109 Å². The number of hydrogen-bond donors (Lipinski definition) is 1. The van der Waals surface area contributed by atoms with E-state index < -0.39 is 10.0 Å². The molecule has 0 bridgehead atoms. The van der Waals surface area contributed by atoms with E-state index in [1.54, 1.807) is 18.2 Å². The first-order valence-electron chi connectivity index (χ1n) is 12.8. The van der Waals surface area contributed by atoms with Crippen LogP contribution in [0.1, 0.15) is 22.4 Å². The van der Waals surface area contributed by atoms with Crippen LogP contribution in [-0.4, -0.2) is 18.2 Å². The molecule has 0 fully saturated rings. The van der Waals surface area contributed by atoms with E-state index in [1.165, 1.54) is 11.6 Å². The van der Waals surface area contributed by atoms with Crippen LogP contribution < -0.4 is 5.14 Å². The molecule has 1 heterocycles. The van der Waals surface area contributed by atoms with E-state index in [2.05, 4.69) is 12.1 Å². The molecule has 5 aromatic rings. The number of ether oxygens (including phenoxy) is 1. The Balaban J connectivity index is 1.64. The van der Waals surface area contributed by atoms with E-state index in [1.807, 2.05) is 84.4 Å². The molecule has 0 aliphatic rings. The fourth-order valence-corrected chi connectivity index (χ4v) is 5.41. The maximum absolute atomic E-state index is 12.6. The minimum atomic E-state index is -3.98. The topological polar surface area (TPSA) is 87.2 Å². The second-order valence-electron chi connectivity index (χ2n) is 9.51. The zero-order chi connectivity index (χ0) is 27.2. The predicted octanol–water partition coefficient (Wildman–Crippen LogP) is 6.13. The fourth-order valence-electron chi connectivity index (χ4n) is 4.67. The van der Waals surface area contributed by atoms with Crippen molar-refractivity contribution in [3.05, 3.63) is 132 Å². The van der Waals surface area contributed by atoms with Crippen LogP contribution in [0.15, 0.2) is 114 Å². The SMILES string of the molecule is Cc1ccc(-c2c(-c3ccccc3S(N)(=O)=O)nn(CCc3ccccc3)c2COCc2ccccc2)cc1. The number of nitrogens with zero attached hydrogens (tertiary/aromatic N) is 2. The number of nitrogens with two attached hydrogens (primary N) is 1. The van der Waals surface area contributed by atoms with Gasteiger partial charge < -0.3 is 4.74 Å². The van der Waals surface area contributed by atoms with Crippen LogP contribution in [0.2, 0.25) is 0 Å². The van der Waals surface area contributed by atoms with Crippen LogP contribution in [0.5, 0.6) is 0 Å². The molecule has 4 aromatic carbocycles. The van der Waals surface area contributed by atoms with Gasteiger partial charge in [0.05, 0.1) is 23.8 Å². The van der Waals surface area contributed by atoms with E-state index in [-0.39, 0.29) is 4.90 Å². The van der Waals surface area contributed by atoms with Gasteiger partial charge in [-0.2, -0.15) is 5.10 Å². The van der Waals surface area contributed by atoms with Crippen LogP contribution in [0, 0.1) is 6.92 Å². The van der Waals surface area contributed by atoms with Gasteiger partial charge in [-0.3, -0.25) is 4.68 Å². The molecule has 6 nitrogen and oxygen atoms in total. The maximum Gasteiger partial charge on any atom is 0.238 e. The molecule has 39 heavy (non-hydrogen) atoms. The van der Waals surface area contributed by atoms with Crippen molar-refractivity contribution >= 4 is 10.0 Å². The zero-order valence-corrected chi connectivity index (χ0v) is 22.6. The van der Waals surface area contributed by atoms with Crippen LogP contribution >= 0.6 is 0 Å². The van der Waals surface area contributed by atoms with Crippen molar-refractivity contribution < 1.29 is 13.2 Å². The molecule has 0 saturated heterocycles. The molecule has 5 rings (SSSR count). The first kappa shape index (κ1) is 26.6. The minimum absolute atomic E-state index is 0.0443. The summed E-state index contributed by atoms with van der Waals surface area (Å²) < 4.78 is 33.3. The van der Waals surface area contributed by atoms with E-state index in [0.29, 0.717) is 31.0 Å². The summed E-state index contributed by atoms with van der Waals surface area (Å²) >= 11 is 0. The number of sulfonamides is 1. The summed E-state index contributed by atoms with van der Waals surface area (Å²) in [6, 6.07) is 35.2. The van der Waals surface area contributed by atoms with E-state index in [0.717, 1.165) is 34.4 Å². The Labute approximate surface area is 229 Å². The summed E-state index contributed by atoms with van der Waals surface area (Å²) in [6.45, 7) is 3.39. The number of aromatic nitrogens is 2. The Morgan fingerprint density at radius 3 is 2.05 bits per heavy atom. The lowest BCUT2D eigenvalue weighted by atomic mass is 9.98. The van der Waals surface area contributed by atoms with Crippen LogP contribution in [0.3, 0.4) is 0 Å². The Kier molecular flexibility index (Phi) is 8.02. The number of rotatable bonds is 10. The quantitative estimate of drug-likeness (QED) is 0.232. The zero-order valence-electron chi connectivity index (χ0n) is 21.8. The normalized spacial score (nSPS) is 11.5. The summed E-state index contributed by atoms with van der Waals surface area (Å²) in [6.07, 6.45) is 0.762. The molecule has 0 aliphatic carbocycles. The smallest absolute Gasteiger partial charge is 0.238 e. The molecule has 2 N–H and O–H groups in total. The van der Waals surface area contributed by atoms with Crippen molar-refractivity contribution in [3.63, 3.8) is 0 Å². The lowest BCUT2D eigenvalue weighted by molar-refractivity contribution is 0.101. The monoisotopic (exact) mass is 537 g/mol. The Hall–Kier alpha value is -4.04.